The molecule has 0 saturated carbocycles. The third kappa shape index (κ3) is 3.71. The van der Waals surface area contributed by atoms with E-state index in [0.717, 1.165) is 16.9 Å². The maximum Gasteiger partial charge on any atom is 0.228 e. The molecule has 2 fully saturated rings. The number of aliphatic hydroxyl groups is 4. The summed E-state index contributed by atoms with van der Waals surface area (Å²) in [7, 11) is 0. The molecule has 0 aliphatic carbocycles. The van der Waals surface area contributed by atoms with Crippen molar-refractivity contribution in [3.8, 4) is 5.75 Å². The van der Waals surface area contributed by atoms with Crippen molar-refractivity contribution in [2.75, 3.05) is 13.2 Å². The number of aliphatic hydroxyl groups excluding tert-OH is 4. The number of halogens is 1. The highest BCUT2D eigenvalue weighted by molar-refractivity contribution is 6.31. The van der Waals surface area contributed by atoms with Crippen molar-refractivity contribution in [1.82, 2.24) is 0 Å². The van der Waals surface area contributed by atoms with Gasteiger partial charge in [0.1, 0.15) is 36.3 Å². The SMILES string of the molecule is CCOc1ccc(Cc2cc(C(O)[C@]34OC[C@H](O3)[C@@H](O)[C@H](O)[C@H]4O)ccc2Cl)cc1. The van der Waals surface area contributed by atoms with Crippen molar-refractivity contribution >= 4 is 11.6 Å². The lowest BCUT2D eigenvalue weighted by molar-refractivity contribution is -0.328. The molecule has 4 N–H and O–H groups in total. The van der Waals surface area contributed by atoms with Gasteiger partial charge in [0.2, 0.25) is 5.79 Å². The smallest absolute Gasteiger partial charge is 0.228 e. The molecule has 1 unspecified atom stereocenters. The van der Waals surface area contributed by atoms with Crippen LogP contribution in [0.25, 0.3) is 0 Å². The molecular weight excluding hydrogens is 412 g/mol. The van der Waals surface area contributed by atoms with E-state index in [1.54, 1.807) is 18.2 Å². The maximum atomic E-state index is 11.0. The summed E-state index contributed by atoms with van der Waals surface area (Å²) < 4.78 is 16.7. The zero-order valence-corrected chi connectivity index (χ0v) is 17.2. The average molecular weight is 437 g/mol. The van der Waals surface area contributed by atoms with Gasteiger partial charge in [-0.1, -0.05) is 35.9 Å². The van der Waals surface area contributed by atoms with Crippen molar-refractivity contribution < 1.29 is 34.6 Å². The highest BCUT2D eigenvalue weighted by Crippen LogP contribution is 2.45. The number of benzene rings is 2. The summed E-state index contributed by atoms with van der Waals surface area (Å²) >= 11 is 6.37. The van der Waals surface area contributed by atoms with Gasteiger partial charge in [-0.2, -0.15) is 0 Å². The molecule has 2 heterocycles. The van der Waals surface area contributed by atoms with E-state index in [2.05, 4.69) is 0 Å². The second-order valence-corrected chi connectivity index (χ2v) is 8.03. The van der Waals surface area contributed by atoms with Crippen molar-refractivity contribution in [1.29, 1.82) is 0 Å². The Bertz CT molecular complexity index is 890. The monoisotopic (exact) mass is 436 g/mol. The Balaban J connectivity index is 1.58. The van der Waals surface area contributed by atoms with Crippen molar-refractivity contribution in [3.63, 3.8) is 0 Å². The lowest BCUT2D eigenvalue weighted by Crippen LogP contribution is -2.62. The van der Waals surface area contributed by atoms with E-state index in [-0.39, 0.29) is 6.61 Å². The molecule has 6 atom stereocenters. The van der Waals surface area contributed by atoms with Crippen LogP contribution >= 0.6 is 11.6 Å². The topological polar surface area (TPSA) is 109 Å². The van der Waals surface area contributed by atoms with Crippen LogP contribution in [0.4, 0.5) is 0 Å². The number of hydrogen-bond acceptors (Lipinski definition) is 7. The Hall–Kier alpha value is -1.71. The van der Waals surface area contributed by atoms with E-state index in [0.29, 0.717) is 23.6 Å². The third-order valence-corrected chi connectivity index (χ3v) is 6.04. The fraction of sp³-hybridized carbons (Fsp3) is 0.455. The van der Waals surface area contributed by atoms with E-state index in [9.17, 15) is 20.4 Å². The summed E-state index contributed by atoms with van der Waals surface area (Å²) in [6.07, 6.45) is -6.09. The highest BCUT2D eigenvalue weighted by Gasteiger charge is 2.62. The first kappa shape index (κ1) is 21.5. The zero-order valence-electron chi connectivity index (χ0n) is 16.4. The Morgan fingerprint density at radius 3 is 2.57 bits per heavy atom. The fourth-order valence-electron chi connectivity index (χ4n) is 4.01. The summed E-state index contributed by atoms with van der Waals surface area (Å²) in [4.78, 5) is 0. The Morgan fingerprint density at radius 1 is 1.13 bits per heavy atom. The molecule has 8 heteroatoms. The van der Waals surface area contributed by atoms with Gasteiger partial charge in [0.15, 0.2) is 0 Å². The van der Waals surface area contributed by atoms with E-state index in [4.69, 9.17) is 25.8 Å². The minimum absolute atomic E-state index is 0.0427. The quantitative estimate of drug-likeness (QED) is 0.544. The molecule has 2 saturated heterocycles. The molecule has 30 heavy (non-hydrogen) atoms. The summed E-state index contributed by atoms with van der Waals surface area (Å²) in [6.45, 7) is 2.47. The Morgan fingerprint density at radius 2 is 1.87 bits per heavy atom. The predicted molar refractivity (Wildman–Crippen MR) is 108 cm³/mol. The molecule has 2 aliphatic heterocycles. The van der Waals surface area contributed by atoms with Gasteiger partial charge in [-0.3, -0.25) is 0 Å². The van der Waals surface area contributed by atoms with Gasteiger partial charge in [-0.05, 0) is 48.2 Å². The van der Waals surface area contributed by atoms with Gasteiger partial charge < -0.3 is 34.6 Å². The minimum Gasteiger partial charge on any atom is -0.494 e. The molecular formula is C22H25ClO7. The maximum absolute atomic E-state index is 11.0. The summed E-state index contributed by atoms with van der Waals surface area (Å²) in [5, 5.41) is 42.1. The number of ether oxygens (including phenoxy) is 3. The molecule has 0 radical (unpaired) electrons. The minimum atomic E-state index is -1.85. The second-order valence-electron chi connectivity index (χ2n) is 7.62. The first-order chi connectivity index (χ1) is 14.4. The van der Waals surface area contributed by atoms with Gasteiger partial charge in [0.25, 0.3) is 0 Å². The zero-order chi connectivity index (χ0) is 21.5. The first-order valence-electron chi connectivity index (χ1n) is 9.90. The molecule has 162 valence electrons. The van der Waals surface area contributed by atoms with Gasteiger partial charge in [0.05, 0.1) is 13.2 Å². The van der Waals surface area contributed by atoms with Gasteiger partial charge >= 0.3 is 0 Å². The van der Waals surface area contributed by atoms with Crippen LogP contribution in [-0.4, -0.2) is 63.8 Å². The summed E-state index contributed by atoms with van der Waals surface area (Å²) in [5.74, 6) is -1.07. The molecule has 2 aliphatic rings. The number of hydrogen-bond donors (Lipinski definition) is 4. The fourth-order valence-corrected chi connectivity index (χ4v) is 4.20. The number of fused-ring (bicyclic) bond motifs is 2. The predicted octanol–water partition coefficient (Wildman–Crippen LogP) is 1.57. The molecule has 7 nitrogen and oxygen atoms in total. The van der Waals surface area contributed by atoms with Gasteiger partial charge in [0, 0.05) is 5.02 Å². The molecule has 2 aromatic carbocycles. The van der Waals surface area contributed by atoms with E-state index in [1.807, 2.05) is 31.2 Å². The van der Waals surface area contributed by atoms with Crippen LogP contribution in [0.5, 0.6) is 5.75 Å². The molecule has 4 rings (SSSR count). The van der Waals surface area contributed by atoms with Crippen LogP contribution in [0.1, 0.15) is 29.7 Å². The second kappa shape index (κ2) is 8.43. The van der Waals surface area contributed by atoms with Gasteiger partial charge in [-0.25, -0.2) is 0 Å². The van der Waals surface area contributed by atoms with Crippen molar-refractivity contribution in [2.45, 2.75) is 49.7 Å². The van der Waals surface area contributed by atoms with Crippen LogP contribution < -0.4 is 4.74 Å². The lowest BCUT2D eigenvalue weighted by atomic mass is 9.87. The Kier molecular flexibility index (Phi) is 6.05. The molecule has 0 amide bonds. The van der Waals surface area contributed by atoms with Crippen LogP contribution in [0, 0.1) is 0 Å². The van der Waals surface area contributed by atoms with Crippen molar-refractivity contribution in [3.05, 3.63) is 64.2 Å². The van der Waals surface area contributed by atoms with Crippen LogP contribution in [0.2, 0.25) is 5.02 Å². The highest BCUT2D eigenvalue weighted by atomic mass is 35.5. The standard InChI is InChI=1S/C22H25ClO7/c1-2-28-15-6-3-12(4-7-15)9-14-10-13(5-8-16(14)23)20(26)22-21(27)19(25)18(24)17(30-22)11-29-22/h3-8,10,17-21,24-27H,2,9,11H2,1H3/t17-,18+,19-,20?,21+,22-/m0/s1. The van der Waals surface area contributed by atoms with Crippen LogP contribution in [0.15, 0.2) is 42.5 Å². The largest absolute Gasteiger partial charge is 0.494 e. The number of rotatable bonds is 6. The average Bonchev–Trinajstić information content (AvgIpc) is 3.18. The van der Waals surface area contributed by atoms with E-state index < -0.39 is 36.3 Å². The summed E-state index contributed by atoms with van der Waals surface area (Å²) in [6, 6.07) is 12.7. The van der Waals surface area contributed by atoms with Crippen LogP contribution in [0.3, 0.4) is 0 Å². The van der Waals surface area contributed by atoms with E-state index in [1.165, 1.54) is 0 Å². The van der Waals surface area contributed by atoms with E-state index >= 15 is 0 Å². The first-order valence-corrected chi connectivity index (χ1v) is 10.3. The third-order valence-electron chi connectivity index (χ3n) is 5.67. The summed E-state index contributed by atoms with van der Waals surface area (Å²) in [5.41, 5.74) is 2.20. The molecule has 0 aromatic heterocycles. The Labute approximate surface area is 179 Å². The van der Waals surface area contributed by atoms with Crippen molar-refractivity contribution in [2.24, 2.45) is 0 Å². The molecule has 0 spiro atoms. The lowest BCUT2D eigenvalue weighted by Gasteiger charge is -2.43. The molecule has 2 bridgehead atoms. The molecule has 2 aromatic rings. The van der Waals surface area contributed by atoms with Crippen LogP contribution in [-0.2, 0) is 15.9 Å². The van der Waals surface area contributed by atoms with Gasteiger partial charge in [-0.15, -0.1) is 0 Å². The normalized spacial score (nSPS) is 31.5.